The number of pyridine rings is 1. The van der Waals surface area contributed by atoms with Crippen molar-refractivity contribution in [2.45, 2.75) is 65.4 Å². The first-order valence-electron chi connectivity index (χ1n) is 12.2. The molecule has 0 radical (unpaired) electrons. The molecular formula is C26H32N6O2S. The zero-order chi connectivity index (χ0) is 24.4. The van der Waals surface area contributed by atoms with Crippen LogP contribution < -0.4 is 5.56 Å². The molecule has 1 aliphatic rings. The van der Waals surface area contributed by atoms with Gasteiger partial charge in [-0.1, -0.05) is 38.1 Å². The van der Waals surface area contributed by atoms with Crippen LogP contribution in [0.4, 0.5) is 0 Å². The molecule has 0 spiro atoms. The smallest absolute Gasteiger partial charge is 0.252 e. The summed E-state index contributed by atoms with van der Waals surface area (Å²) in [6.07, 6.45) is 2.24. The van der Waals surface area contributed by atoms with Crippen molar-refractivity contribution >= 4 is 22.2 Å². The molecule has 4 heterocycles. The van der Waals surface area contributed by atoms with E-state index in [0.29, 0.717) is 19.6 Å². The Balaban J connectivity index is 1.52. The number of rotatable bonds is 9. The van der Waals surface area contributed by atoms with Gasteiger partial charge in [-0.3, -0.25) is 9.69 Å². The average Bonchev–Trinajstić information content (AvgIpc) is 3.60. The van der Waals surface area contributed by atoms with Gasteiger partial charge in [-0.05, 0) is 64.6 Å². The molecule has 0 bridgehead atoms. The second kappa shape index (κ2) is 10.4. The molecule has 3 aromatic heterocycles. The number of para-hydroxylation sites is 1. The first-order valence-corrected chi connectivity index (χ1v) is 13.1. The molecule has 1 aromatic carbocycles. The van der Waals surface area contributed by atoms with Gasteiger partial charge in [0.1, 0.15) is 0 Å². The number of tetrazole rings is 1. The molecular weight excluding hydrogens is 460 g/mol. The van der Waals surface area contributed by atoms with Gasteiger partial charge in [-0.25, -0.2) is 4.68 Å². The lowest BCUT2D eigenvalue weighted by Crippen LogP contribution is -2.35. The Bertz CT molecular complexity index is 1320. The van der Waals surface area contributed by atoms with E-state index in [4.69, 9.17) is 4.74 Å². The number of aromatic amines is 1. The van der Waals surface area contributed by atoms with Crippen LogP contribution in [0.2, 0.25) is 0 Å². The highest BCUT2D eigenvalue weighted by molar-refractivity contribution is 7.09. The summed E-state index contributed by atoms with van der Waals surface area (Å²) in [5.41, 5.74) is 2.65. The van der Waals surface area contributed by atoms with E-state index >= 15 is 0 Å². The van der Waals surface area contributed by atoms with Gasteiger partial charge >= 0.3 is 0 Å². The maximum Gasteiger partial charge on any atom is 0.252 e. The molecule has 5 rings (SSSR count). The van der Waals surface area contributed by atoms with Crippen molar-refractivity contribution in [3.05, 3.63) is 74.0 Å². The lowest BCUT2D eigenvalue weighted by atomic mass is 10.00. The van der Waals surface area contributed by atoms with Crippen LogP contribution in [0.25, 0.3) is 10.9 Å². The molecule has 35 heavy (non-hydrogen) atoms. The summed E-state index contributed by atoms with van der Waals surface area (Å²) in [6, 6.07) is 12.3. The molecule has 1 fully saturated rings. The highest BCUT2D eigenvalue weighted by atomic mass is 32.1. The maximum absolute atomic E-state index is 13.2. The molecule has 1 aliphatic heterocycles. The van der Waals surface area contributed by atoms with Gasteiger partial charge < -0.3 is 9.72 Å². The lowest BCUT2D eigenvalue weighted by molar-refractivity contribution is 0.0853. The summed E-state index contributed by atoms with van der Waals surface area (Å²) in [6.45, 7) is 9.03. The Hall–Kier alpha value is -2.88. The Morgan fingerprint density at radius 3 is 2.89 bits per heavy atom. The van der Waals surface area contributed by atoms with E-state index in [-0.39, 0.29) is 23.6 Å². The zero-order valence-electron chi connectivity index (χ0n) is 20.5. The van der Waals surface area contributed by atoms with Gasteiger partial charge in [0.15, 0.2) is 5.82 Å². The summed E-state index contributed by atoms with van der Waals surface area (Å²) in [5, 5.41) is 16.0. The third-order valence-electron chi connectivity index (χ3n) is 6.73. The Morgan fingerprint density at radius 1 is 1.26 bits per heavy atom. The van der Waals surface area contributed by atoms with Crippen molar-refractivity contribution < 1.29 is 4.74 Å². The summed E-state index contributed by atoms with van der Waals surface area (Å²) in [5.74, 6) is 1.05. The fourth-order valence-electron chi connectivity index (χ4n) is 5.04. The molecule has 8 nitrogen and oxygen atoms in total. The molecule has 0 amide bonds. The lowest BCUT2D eigenvalue weighted by Gasteiger charge is -2.33. The van der Waals surface area contributed by atoms with E-state index in [9.17, 15) is 4.79 Å². The molecule has 4 aromatic rings. The van der Waals surface area contributed by atoms with Gasteiger partial charge in [0.25, 0.3) is 5.56 Å². The van der Waals surface area contributed by atoms with E-state index in [1.165, 1.54) is 4.88 Å². The van der Waals surface area contributed by atoms with Gasteiger partial charge in [0, 0.05) is 30.1 Å². The molecule has 0 aliphatic carbocycles. The van der Waals surface area contributed by atoms with Gasteiger partial charge in [0.2, 0.25) is 0 Å². The largest absolute Gasteiger partial charge is 0.376 e. The second-order valence-electron chi connectivity index (χ2n) is 9.69. The molecule has 9 heteroatoms. The van der Waals surface area contributed by atoms with Crippen LogP contribution in [0.5, 0.6) is 0 Å². The fraction of sp³-hybridized carbons (Fsp3) is 0.462. The van der Waals surface area contributed by atoms with Gasteiger partial charge in [-0.15, -0.1) is 16.4 Å². The Kier molecular flexibility index (Phi) is 7.08. The monoisotopic (exact) mass is 492 g/mol. The predicted octanol–water partition coefficient (Wildman–Crippen LogP) is 4.46. The number of thiophene rings is 1. The quantitative estimate of drug-likeness (QED) is 0.371. The van der Waals surface area contributed by atoms with Crippen LogP contribution in [0.1, 0.15) is 54.6 Å². The van der Waals surface area contributed by atoms with Crippen LogP contribution >= 0.6 is 11.3 Å². The number of aryl methyl sites for hydroxylation is 1. The third-order valence-corrected chi connectivity index (χ3v) is 7.59. The number of H-pyrrole nitrogens is 1. The Morgan fingerprint density at radius 2 is 2.14 bits per heavy atom. The highest BCUT2D eigenvalue weighted by Crippen LogP contribution is 2.31. The second-order valence-corrected chi connectivity index (χ2v) is 10.7. The summed E-state index contributed by atoms with van der Waals surface area (Å²) < 4.78 is 7.75. The number of hydrogen-bond acceptors (Lipinski definition) is 7. The van der Waals surface area contributed by atoms with Crippen molar-refractivity contribution in [1.29, 1.82) is 0 Å². The fourth-order valence-corrected chi connectivity index (χ4v) is 5.77. The summed E-state index contributed by atoms with van der Waals surface area (Å²) in [4.78, 5) is 19.8. The molecule has 0 saturated carbocycles. The third kappa shape index (κ3) is 5.22. The summed E-state index contributed by atoms with van der Waals surface area (Å²) in [7, 11) is 0. The molecule has 2 atom stereocenters. The molecule has 1 saturated heterocycles. The van der Waals surface area contributed by atoms with Crippen LogP contribution in [-0.4, -0.2) is 42.8 Å². The molecule has 1 N–H and O–H groups in total. The predicted molar refractivity (Wildman–Crippen MR) is 137 cm³/mol. The number of hydrogen-bond donors (Lipinski definition) is 1. The van der Waals surface area contributed by atoms with E-state index in [1.807, 2.05) is 35.9 Å². The topological polar surface area (TPSA) is 88.9 Å². The van der Waals surface area contributed by atoms with Gasteiger partial charge in [-0.2, -0.15) is 0 Å². The number of nitrogens with zero attached hydrogens (tertiary/aromatic N) is 5. The standard InChI is InChI=1S/C26H32N6O2S/c1-17(2)24(25-28-29-30-32(25)15-21-9-5-11-34-21)31(16-22-10-6-12-35-22)14-20-13-19-8-4-7-18(3)23(19)27-26(20)33/h4,6-8,10,12-13,17,21,24H,5,9,11,14-16H2,1-3H3,(H,27,33)/t21-,24+/m1/s1. The maximum atomic E-state index is 13.2. The number of benzene rings is 1. The van der Waals surface area contributed by atoms with E-state index in [1.54, 1.807) is 11.3 Å². The minimum Gasteiger partial charge on any atom is -0.376 e. The van der Waals surface area contributed by atoms with Crippen LogP contribution in [0.15, 0.2) is 46.6 Å². The normalized spacial score (nSPS) is 17.1. The highest BCUT2D eigenvalue weighted by Gasteiger charge is 2.31. The first kappa shape index (κ1) is 23.8. The molecule has 0 unspecified atom stereocenters. The molecule has 184 valence electrons. The van der Waals surface area contributed by atoms with Crippen LogP contribution in [0.3, 0.4) is 0 Å². The van der Waals surface area contributed by atoms with E-state index in [0.717, 1.165) is 47.3 Å². The Labute approximate surface area is 208 Å². The SMILES string of the molecule is Cc1cccc2cc(CN(Cc3cccs3)[C@H](c3nnnn3C[C@H]3CCCO3)C(C)C)c(=O)[nH]c12. The minimum atomic E-state index is -0.0684. The number of ether oxygens (including phenoxy) is 1. The number of fused-ring (bicyclic) bond motifs is 1. The van der Waals surface area contributed by atoms with Crippen molar-refractivity contribution in [3.63, 3.8) is 0 Å². The van der Waals surface area contributed by atoms with Gasteiger partial charge in [0.05, 0.1) is 24.2 Å². The van der Waals surface area contributed by atoms with Crippen molar-refractivity contribution in [3.8, 4) is 0 Å². The zero-order valence-corrected chi connectivity index (χ0v) is 21.3. The van der Waals surface area contributed by atoms with Crippen LogP contribution in [-0.2, 0) is 24.4 Å². The number of aromatic nitrogens is 5. The van der Waals surface area contributed by atoms with Crippen molar-refractivity contribution in [1.82, 2.24) is 30.1 Å². The number of nitrogens with one attached hydrogen (secondary N) is 1. The van der Waals surface area contributed by atoms with E-state index < -0.39 is 0 Å². The van der Waals surface area contributed by atoms with E-state index in [2.05, 4.69) is 56.8 Å². The average molecular weight is 493 g/mol. The summed E-state index contributed by atoms with van der Waals surface area (Å²) >= 11 is 1.72. The minimum absolute atomic E-state index is 0.0515. The van der Waals surface area contributed by atoms with Crippen LogP contribution in [0, 0.1) is 12.8 Å². The van der Waals surface area contributed by atoms with Crippen molar-refractivity contribution in [2.24, 2.45) is 5.92 Å². The van der Waals surface area contributed by atoms with Crippen molar-refractivity contribution in [2.75, 3.05) is 6.61 Å². The first-order chi connectivity index (χ1) is 17.0.